The quantitative estimate of drug-likeness (QED) is 0.646. The van der Waals surface area contributed by atoms with Gasteiger partial charge in [-0.2, -0.15) is 0 Å². The number of alkyl halides is 4. The summed E-state index contributed by atoms with van der Waals surface area (Å²) in [6.45, 7) is -1.10. The van der Waals surface area contributed by atoms with Gasteiger partial charge in [-0.1, -0.05) is 0 Å². The van der Waals surface area contributed by atoms with E-state index in [-0.39, 0.29) is 9.13 Å². The second-order valence-corrected chi connectivity index (χ2v) is 4.28. The van der Waals surface area contributed by atoms with Gasteiger partial charge in [0.25, 0.3) is 0 Å². The van der Waals surface area contributed by atoms with Crippen LogP contribution in [0.5, 0.6) is 5.88 Å². The molecule has 0 bridgehead atoms. The number of hydrogen-bond donors (Lipinski definition) is 1. The Morgan fingerprint density at radius 1 is 1.44 bits per heavy atom. The molecule has 0 aliphatic rings. The first-order chi connectivity index (χ1) is 8.24. The lowest BCUT2D eigenvalue weighted by atomic mass is 10.1. The first-order valence-electron chi connectivity index (χ1n) is 4.44. The normalized spacial score (nSPS) is 11.4. The van der Waals surface area contributed by atoms with E-state index in [9.17, 15) is 22.4 Å². The highest BCUT2D eigenvalue weighted by molar-refractivity contribution is 14.1. The first-order valence-corrected chi connectivity index (χ1v) is 5.52. The van der Waals surface area contributed by atoms with Gasteiger partial charge in [-0.25, -0.2) is 9.37 Å². The number of aliphatic carboxylic acids is 1. The van der Waals surface area contributed by atoms with Crippen molar-refractivity contribution in [3.63, 3.8) is 0 Å². The minimum atomic E-state index is -5.01. The van der Waals surface area contributed by atoms with Crippen LogP contribution < -0.4 is 4.74 Å². The summed E-state index contributed by atoms with van der Waals surface area (Å²) in [7, 11) is 0. The van der Waals surface area contributed by atoms with E-state index in [1.165, 1.54) is 0 Å². The third-order valence-electron chi connectivity index (χ3n) is 1.88. The van der Waals surface area contributed by atoms with Crippen molar-refractivity contribution < 1.29 is 32.2 Å². The maximum atomic E-state index is 12.7. The van der Waals surface area contributed by atoms with Crippen molar-refractivity contribution in [2.75, 3.05) is 0 Å². The zero-order chi connectivity index (χ0) is 13.9. The van der Waals surface area contributed by atoms with Crippen LogP contribution in [0.15, 0.2) is 6.20 Å². The summed E-state index contributed by atoms with van der Waals surface area (Å²) in [5.74, 6) is -2.33. The van der Waals surface area contributed by atoms with Crippen molar-refractivity contribution in [3.8, 4) is 5.88 Å². The third-order valence-corrected chi connectivity index (χ3v) is 2.81. The molecular formula is C9H6F4INO3. The summed E-state index contributed by atoms with van der Waals surface area (Å²) in [4.78, 5) is 13.9. The smallest absolute Gasteiger partial charge is 0.481 e. The molecule has 0 unspecified atom stereocenters. The molecule has 0 aromatic carbocycles. The molecule has 1 N–H and O–H groups in total. The highest BCUT2D eigenvalue weighted by Crippen LogP contribution is 2.30. The minimum Gasteiger partial charge on any atom is -0.481 e. The fraction of sp³-hybridized carbons (Fsp3) is 0.333. The van der Waals surface area contributed by atoms with Gasteiger partial charge in [0.2, 0.25) is 5.88 Å². The number of pyridine rings is 1. The van der Waals surface area contributed by atoms with E-state index in [0.717, 1.165) is 6.20 Å². The van der Waals surface area contributed by atoms with Crippen molar-refractivity contribution in [2.24, 2.45) is 0 Å². The van der Waals surface area contributed by atoms with E-state index in [2.05, 4.69) is 9.72 Å². The van der Waals surface area contributed by atoms with Gasteiger partial charge >= 0.3 is 12.3 Å². The number of halogens is 5. The van der Waals surface area contributed by atoms with E-state index in [1.54, 1.807) is 22.6 Å². The van der Waals surface area contributed by atoms with Gasteiger partial charge < -0.3 is 9.84 Å². The zero-order valence-corrected chi connectivity index (χ0v) is 10.7. The molecule has 4 nitrogen and oxygen atoms in total. The van der Waals surface area contributed by atoms with Crippen molar-refractivity contribution >= 4 is 28.6 Å². The van der Waals surface area contributed by atoms with Crippen LogP contribution in [0.2, 0.25) is 0 Å². The zero-order valence-electron chi connectivity index (χ0n) is 8.59. The maximum Gasteiger partial charge on any atom is 0.574 e. The van der Waals surface area contributed by atoms with Gasteiger partial charge in [-0.05, 0) is 22.6 Å². The maximum absolute atomic E-state index is 12.7. The summed E-state index contributed by atoms with van der Waals surface area (Å²) in [6.07, 6.45) is -4.82. The Balaban J connectivity index is 3.28. The fourth-order valence-corrected chi connectivity index (χ4v) is 1.83. The lowest BCUT2D eigenvalue weighted by Gasteiger charge is -2.14. The van der Waals surface area contributed by atoms with Crippen molar-refractivity contribution in [1.82, 2.24) is 4.98 Å². The summed E-state index contributed by atoms with van der Waals surface area (Å²) in [5, 5.41) is 8.61. The molecule has 0 radical (unpaired) electrons. The van der Waals surface area contributed by atoms with Crippen LogP contribution in [-0.2, 0) is 17.9 Å². The number of rotatable bonds is 4. The molecule has 0 saturated heterocycles. The average molecular weight is 379 g/mol. The van der Waals surface area contributed by atoms with Crippen LogP contribution in [0.1, 0.15) is 11.1 Å². The van der Waals surface area contributed by atoms with Gasteiger partial charge in [0.1, 0.15) is 6.67 Å². The Kier molecular flexibility index (Phi) is 4.71. The molecule has 0 aliphatic carbocycles. The third kappa shape index (κ3) is 3.96. The Bertz CT molecular complexity index is 464. The molecule has 0 fully saturated rings. The molecule has 9 heteroatoms. The van der Waals surface area contributed by atoms with Crippen LogP contribution in [0.3, 0.4) is 0 Å². The number of ether oxygens (including phenoxy) is 1. The van der Waals surface area contributed by atoms with Gasteiger partial charge in [-0.15, -0.1) is 13.2 Å². The first kappa shape index (κ1) is 14.9. The Hall–Kier alpha value is -1.13. The number of carboxylic acids is 1. The number of aromatic nitrogens is 1. The lowest BCUT2D eigenvalue weighted by molar-refractivity contribution is -0.276. The minimum absolute atomic E-state index is 0.160. The number of nitrogens with zero attached hydrogens (tertiary/aromatic N) is 1. The summed E-state index contributed by atoms with van der Waals surface area (Å²) in [5.41, 5.74) is -0.568. The highest BCUT2D eigenvalue weighted by atomic mass is 127. The number of carboxylic acid groups (broad SMARTS) is 1. The Morgan fingerprint density at radius 2 is 2.06 bits per heavy atom. The van der Waals surface area contributed by atoms with Crippen LogP contribution >= 0.6 is 22.6 Å². The van der Waals surface area contributed by atoms with Gasteiger partial charge in [0.15, 0.2) is 0 Å². The average Bonchev–Trinajstić information content (AvgIpc) is 2.20. The van der Waals surface area contributed by atoms with Crippen molar-refractivity contribution in [3.05, 3.63) is 20.9 Å². The van der Waals surface area contributed by atoms with E-state index in [4.69, 9.17) is 5.11 Å². The van der Waals surface area contributed by atoms with Gasteiger partial charge in [0.05, 0.1) is 6.42 Å². The fourth-order valence-electron chi connectivity index (χ4n) is 1.22. The van der Waals surface area contributed by atoms with Crippen LogP contribution in [0, 0.1) is 3.57 Å². The van der Waals surface area contributed by atoms with Crippen LogP contribution in [0.25, 0.3) is 0 Å². The van der Waals surface area contributed by atoms with Crippen molar-refractivity contribution in [2.45, 2.75) is 19.5 Å². The molecule has 0 spiro atoms. The predicted octanol–water partition coefficient (Wildman–Crippen LogP) is 2.68. The second kappa shape index (κ2) is 5.67. The molecule has 0 amide bonds. The van der Waals surface area contributed by atoms with Crippen LogP contribution in [-0.4, -0.2) is 22.4 Å². The summed E-state index contributed by atoms with van der Waals surface area (Å²) >= 11 is 1.65. The van der Waals surface area contributed by atoms with E-state index >= 15 is 0 Å². The SMILES string of the molecule is O=C(O)Cc1c(OC(F)(F)F)ncc(I)c1CF. The van der Waals surface area contributed by atoms with E-state index in [1.807, 2.05) is 0 Å². The molecule has 100 valence electrons. The van der Waals surface area contributed by atoms with Crippen LogP contribution in [0.4, 0.5) is 17.6 Å². The molecule has 1 rings (SSSR count). The predicted molar refractivity (Wildman–Crippen MR) is 59.8 cm³/mol. The molecular weight excluding hydrogens is 373 g/mol. The highest BCUT2D eigenvalue weighted by Gasteiger charge is 2.34. The topological polar surface area (TPSA) is 59.4 Å². The molecule has 1 aromatic heterocycles. The molecule has 0 atom stereocenters. The Morgan fingerprint density at radius 3 is 2.50 bits per heavy atom. The number of hydrogen-bond acceptors (Lipinski definition) is 3. The van der Waals surface area contributed by atoms with Gasteiger partial charge in [0, 0.05) is 20.9 Å². The van der Waals surface area contributed by atoms with Crippen molar-refractivity contribution in [1.29, 1.82) is 0 Å². The Labute approximate surface area is 112 Å². The molecule has 1 heterocycles. The monoisotopic (exact) mass is 379 g/mol. The van der Waals surface area contributed by atoms with Gasteiger partial charge in [-0.3, -0.25) is 4.79 Å². The number of carbonyl (C=O) groups is 1. The molecule has 1 aromatic rings. The summed E-state index contributed by atoms with van der Waals surface area (Å²) in [6, 6.07) is 0. The molecule has 0 aliphatic heterocycles. The van der Waals surface area contributed by atoms with E-state index < -0.39 is 36.9 Å². The molecule has 0 saturated carbocycles. The standard InChI is InChI=1S/C9H6F4INO3/c10-2-5-4(1-7(16)17)8(15-3-6(5)14)18-9(11,12)13/h3H,1-2H2,(H,16,17). The summed E-state index contributed by atoms with van der Waals surface area (Å²) < 4.78 is 52.8. The largest absolute Gasteiger partial charge is 0.574 e. The lowest BCUT2D eigenvalue weighted by Crippen LogP contribution is -2.20. The van der Waals surface area contributed by atoms with E-state index in [0.29, 0.717) is 0 Å². The molecule has 18 heavy (non-hydrogen) atoms. The second-order valence-electron chi connectivity index (χ2n) is 3.12.